The Hall–Kier alpha value is -3.68. The summed E-state index contributed by atoms with van der Waals surface area (Å²) in [6.07, 6.45) is 1.07. The van der Waals surface area contributed by atoms with Gasteiger partial charge >= 0.3 is 11.7 Å². The summed E-state index contributed by atoms with van der Waals surface area (Å²) < 4.78 is 12.1. The molecule has 2 heterocycles. The number of hydrogen-bond acceptors (Lipinski definition) is 6. The molecular formula is C18H14N4O4. The van der Waals surface area contributed by atoms with Crippen LogP contribution in [-0.4, -0.2) is 25.9 Å². The average molecular weight is 350 g/mol. The molecule has 8 nitrogen and oxygen atoms in total. The van der Waals surface area contributed by atoms with E-state index < -0.39 is 17.8 Å². The zero-order valence-electron chi connectivity index (χ0n) is 13.7. The van der Waals surface area contributed by atoms with Crippen molar-refractivity contribution in [2.24, 2.45) is 0 Å². The van der Waals surface area contributed by atoms with Gasteiger partial charge in [0.2, 0.25) is 0 Å². The van der Waals surface area contributed by atoms with Gasteiger partial charge in [-0.05, 0) is 31.2 Å². The quantitative estimate of drug-likeness (QED) is 0.568. The highest BCUT2D eigenvalue weighted by Crippen LogP contribution is 2.21. The van der Waals surface area contributed by atoms with Crippen LogP contribution in [0.3, 0.4) is 0 Å². The predicted molar refractivity (Wildman–Crippen MR) is 92.0 cm³/mol. The maximum absolute atomic E-state index is 12.5. The minimum absolute atomic E-state index is 0.169. The molecular weight excluding hydrogens is 336 g/mol. The van der Waals surface area contributed by atoms with Gasteiger partial charge in [-0.3, -0.25) is 4.98 Å². The third-order valence-electron chi connectivity index (χ3n) is 3.90. The number of rotatable bonds is 4. The number of nitrogens with zero attached hydrogens (tertiary/aromatic N) is 3. The van der Waals surface area contributed by atoms with Crippen molar-refractivity contribution in [1.29, 1.82) is 0 Å². The number of carbonyl (C=O) groups excluding carboxylic acids is 1. The maximum atomic E-state index is 12.5. The molecule has 0 saturated heterocycles. The van der Waals surface area contributed by atoms with E-state index in [2.05, 4.69) is 15.3 Å². The molecule has 8 heteroatoms. The average Bonchev–Trinajstić information content (AvgIpc) is 3.28. The number of ether oxygens (including phenoxy) is 1. The molecule has 0 saturated carbocycles. The molecule has 0 radical (unpaired) electrons. The Kier molecular flexibility index (Phi) is 3.85. The van der Waals surface area contributed by atoms with Gasteiger partial charge in [0.1, 0.15) is 17.4 Å². The van der Waals surface area contributed by atoms with E-state index in [1.807, 2.05) is 30.3 Å². The molecule has 0 amide bonds. The van der Waals surface area contributed by atoms with Crippen LogP contribution < -0.4 is 5.76 Å². The van der Waals surface area contributed by atoms with E-state index in [-0.39, 0.29) is 11.1 Å². The normalized spacial score (nSPS) is 12.2. The zero-order valence-corrected chi connectivity index (χ0v) is 13.7. The Morgan fingerprint density at radius 3 is 2.81 bits per heavy atom. The van der Waals surface area contributed by atoms with Crippen LogP contribution in [0, 0.1) is 0 Å². The number of carbonyl (C=O) groups is 1. The fraction of sp³-hybridized carbons (Fsp3) is 0.111. The number of benzene rings is 2. The number of nitrogens with one attached hydrogen (secondary N) is 1. The Morgan fingerprint density at radius 1 is 1.19 bits per heavy atom. The van der Waals surface area contributed by atoms with Crippen molar-refractivity contribution in [2.45, 2.75) is 13.0 Å². The molecule has 0 fully saturated rings. The van der Waals surface area contributed by atoms with Crippen LogP contribution >= 0.6 is 0 Å². The van der Waals surface area contributed by atoms with E-state index in [0.29, 0.717) is 11.2 Å². The number of esters is 1. The highest BCUT2D eigenvalue weighted by Gasteiger charge is 2.20. The second-order valence-electron chi connectivity index (χ2n) is 5.67. The Labute approximate surface area is 147 Å². The number of aromatic nitrogens is 4. The summed E-state index contributed by atoms with van der Waals surface area (Å²) >= 11 is 0. The summed E-state index contributed by atoms with van der Waals surface area (Å²) in [4.78, 5) is 26.3. The van der Waals surface area contributed by atoms with Gasteiger partial charge in [-0.2, -0.15) is 0 Å². The molecule has 2 aromatic carbocycles. The maximum Gasteiger partial charge on any atom is 0.417 e. The largest absolute Gasteiger partial charge is 0.452 e. The third-order valence-corrected chi connectivity index (χ3v) is 3.90. The molecule has 0 bridgehead atoms. The molecule has 0 aliphatic heterocycles. The zero-order chi connectivity index (χ0) is 18.1. The molecule has 1 atom stereocenters. The molecule has 1 N–H and O–H groups in total. The van der Waals surface area contributed by atoms with Crippen LogP contribution in [0.5, 0.6) is 0 Å². The molecule has 26 heavy (non-hydrogen) atoms. The van der Waals surface area contributed by atoms with E-state index in [0.717, 1.165) is 5.69 Å². The van der Waals surface area contributed by atoms with Gasteiger partial charge in [0.05, 0.1) is 17.4 Å². The minimum Gasteiger partial charge on any atom is -0.452 e. The molecule has 0 aliphatic rings. The second-order valence-corrected chi connectivity index (χ2v) is 5.67. The van der Waals surface area contributed by atoms with Crippen molar-refractivity contribution in [1.82, 2.24) is 20.0 Å². The van der Waals surface area contributed by atoms with Gasteiger partial charge in [-0.25, -0.2) is 14.3 Å². The predicted octanol–water partition coefficient (Wildman–Crippen LogP) is 2.62. The first-order chi connectivity index (χ1) is 12.6. The van der Waals surface area contributed by atoms with E-state index in [4.69, 9.17) is 9.15 Å². The van der Waals surface area contributed by atoms with Gasteiger partial charge in [0.25, 0.3) is 0 Å². The highest BCUT2D eigenvalue weighted by molar-refractivity contribution is 6.00. The monoisotopic (exact) mass is 350 g/mol. The van der Waals surface area contributed by atoms with Crippen molar-refractivity contribution >= 4 is 17.1 Å². The molecule has 0 aliphatic carbocycles. The van der Waals surface area contributed by atoms with Crippen molar-refractivity contribution in [3.63, 3.8) is 0 Å². The standard InChI is InChI=1S/C18H14N4O4/c1-11(15-10-22(21-20-15)12-6-3-2-4-7-12)25-17(23)13-8-5-9-14-16(13)26-18(24)19-14/h2-11H,1H3,(H,19,24). The minimum atomic E-state index is -0.626. The van der Waals surface area contributed by atoms with Crippen LogP contribution in [0.1, 0.15) is 29.1 Å². The number of oxazole rings is 1. The van der Waals surface area contributed by atoms with Crippen LogP contribution in [0.4, 0.5) is 0 Å². The fourth-order valence-electron chi connectivity index (χ4n) is 2.59. The number of fused-ring (bicyclic) bond motifs is 1. The number of para-hydroxylation sites is 2. The van der Waals surface area contributed by atoms with E-state index in [9.17, 15) is 9.59 Å². The Bertz CT molecular complexity index is 1130. The lowest BCUT2D eigenvalue weighted by Gasteiger charge is -2.10. The lowest BCUT2D eigenvalue weighted by atomic mass is 10.2. The van der Waals surface area contributed by atoms with Crippen molar-refractivity contribution < 1.29 is 13.9 Å². The van der Waals surface area contributed by atoms with Gasteiger partial charge in [-0.15, -0.1) is 5.10 Å². The molecule has 4 rings (SSSR count). The third kappa shape index (κ3) is 2.88. The smallest absolute Gasteiger partial charge is 0.417 e. The molecule has 0 spiro atoms. The fourth-order valence-corrected chi connectivity index (χ4v) is 2.59. The number of H-pyrrole nitrogens is 1. The summed E-state index contributed by atoms with van der Waals surface area (Å²) in [5.41, 5.74) is 2.13. The Morgan fingerprint density at radius 2 is 2.00 bits per heavy atom. The lowest BCUT2D eigenvalue weighted by Crippen LogP contribution is -2.10. The van der Waals surface area contributed by atoms with Crippen LogP contribution in [0.15, 0.2) is 63.9 Å². The van der Waals surface area contributed by atoms with Crippen molar-refractivity contribution in [3.8, 4) is 5.69 Å². The first-order valence-electron chi connectivity index (χ1n) is 7.92. The van der Waals surface area contributed by atoms with Gasteiger partial charge in [0, 0.05) is 0 Å². The summed E-state index contributed by atoms with van der Waals surface area (Å²) in [7, 11) is 0. The van der Waals surface area contributed by atoms with Crippen LogP contribution in [0.25, 0.3) is 16.8 Å². The lowest BCUT2D eigenvalue weighted by molar-refractivity contribution is 0.0330. The van der Waals surface area contributed by atoms with Crippen LogP contribution in [0.2, 0.25) is 0 Å². The molecule has 2 aromatic heterocycles. The van der Waals surface area contributed by atoms with Crippen molar-refractivity contribution in [2.75, 3.05) is 0 Å². The summed E-state index contributed by atoms with van der Waals surface area (Å²) in [6, 6.07) is 14.3. The van der Waals surface area contributed by atoms with Crippen LogP contribution in [-0.2, 0) is 4.74 Å². The molecule has 1 unspecified atom stereocenters. The highest BCUT2D eigenvalue weighted by atomic mass is 16.5. The topological polar surface area (TPSA) is 103 Å². The van der Waals surface area contributed by atoms with Crippen molar-refractivity contribution in [3.05, 3.63) is 76.5 Å². The van der Waals surface area contributed by atoms with E-state index in [1.165, 1.54) is 6.07 Å². The first kappa shape index (κ1) is 15.8. The van der Waals surface area contributed by atoms with Gasteiger partial charge in [0.15, 0.2) is 5.58 Å². The number of hydrogen-bond donors (Lipinski definition) is 1. The summed E-state index contributed by atoms with van der Waals surface area (Å²) in [5.74, 6) is -1.24. The van der Waals surface area contributed by atoms with Gasteiger partial charge in [-0.1, -0.05) is 29.5 Å². The summed E-state index contributed by atoms with van der Waals surface area (Å²) in [6.45, 7) is 1.70. The second kappa shape index (κ2) is 6.32. The number of aromatic amines is 1. The first-order valence-corrected chi connectivity index (χ1v) is 7.92. The molecule has 4 aromatic rings. The molecule has 130 valence electrons. The summed E-state index contributed by atoms with van der Waals surface area (Å²) in [5, 5.41) is 8.11. The SMILES string of the molecule is CC(OC(=O)c1cccc2[nH]c(=O)oc12)c1cn(-c2ccccc2)nn1. The van der Waals surface area contributed by atoms with E-state index in [1.54, 1.807) is 29.9 Å². The van der Waals surface area contributed by atoms with E-state index >= 15 is 0 Å². The van der Waals surface area contributed by atoms with Gasteiger partial charge < -0.3 is 9.15 Å². The Balaban J connectivity index is 1.56.